The lowest BCUT2D eigenvalue weighted by atomic mass is 9.90. The fraction of sp³-hybridized carbons (Fsp3) is 0.727. The zero-order chi connectivity index (χ0) is 20.1. The van der Waals surface area contributed by atoms with E-state index in [0.717, 1.165) is 37.7 Å². The molecule has 0 spiro atoms. The quantitative estimate of drug-likeness (QED) is 0.446. The molecular weight excluding hydrogens is 363 g/mol. The molecule has 1 aromatic carbocycles. The maximum atomic E-state index is 13.9. The number of rotatable bonds is 11. The topological polar surface area (TPSA) is 43.4 Å². The van der Waals surface area contributed by atoms with Crippen molar-refractivity contribution in [1.82, 2.24) is 0 Å². The molecule has 0 saturated heterocycles. The Morgan fingerprint density at radius 3 is 2.52 bits per heavy atom. The van der Waals surface area contributed by atoms with Crippen LogP contribution in [0.15, 0.2) is 18.2 Å². The lowest BCUT2D eigenvalue weighted by Crippen LogP contribution is -2.16. The Morgan fingerprint density at radius 2 is 1.89 bits per heavy atom. The second-order valence-electron chi connectivity index (χ2n) is 9.33. The molecule has 27 heavy (non-hydrogen) atoms. The highest BCUT2D eigenvalue weighted by Crippen LogP contribution is 2.31. The van der Waals surface area contributed by atoms with Crippen LogP contribution in [0.5, 0.6) is 5.75 Å². The molecule has 1 aromatic rings. The second kappa shape index (κ2) is 9.40. The molecule has 5 heteroatoms. The molecule has 0 bridgehead atoms. The highest BCUT2D eigenvalue weighted by atomic mass is 32.2. The zero-order valence-electron chi connectivity index (χ0n) is 17.3. The van der Waals surface area contributed by atoms with Gasteiger partial charge in [-0.05, 0) is 60.6 Å². The molecule has 154 valence electrons. The van der Waals surface area contributed by atoms with Gasteiger partial charge in [-0.15, -0.1) is 0 Å². The van der Waals surface area contributed by atoms with Gasteiger partial charge in [0, 0.05) is 0 Å². The summed E-state index contributed by atoms with van der Waals surface area (Å²) < 4.78 is 44.4. The van der Waals surface area contributed by atoms with E-state index in [-0.39, 0.29) is 29.0 Å². The van der Waals surface area contributed by atoms with Crippen molar-refractivity contribution in [2.45, 2.75) is 72.1 Å². The molecular formula is C22H35FO3S. The number of ether oxygens (including phenoxy) is 1. The SMILES string of the molecule is C[C@H](CS(=O)(=O)CCCCCC(C)(C)C)c1ccc(F)c(OCC2CC2)c1. The normalized spacial score (nSPS) is 16.3. The summed E-state index contributed by atoms with van der Waals surface area (Å²) in [5, 5.41) is 0. The summed E-state index contributed by atoms with van der Waals surface area (Å²) in [7, 11) is -3.12. The third-order valence-corrected chi connectivity index (χ3v) is 7.00. The molecule has 2 rings (SSSR count). The van der Waals surface area contributed by atoms with Gasteiger partial charge in [0.2, 0.25) is 0 Å². The van der Waals surface area contributed by atoms with Crippen molar-refractivity contribution in [3.05, 3.63) is 29.6 Å². The molecule has 1 saturated carbocycles. The zero-order valence-corrected chi connectivity index (χ0v) is 18.1. The molecule has 0 radical (unpaired) electrons. The summed E-state index contributed by atoms with van der Waals surface area (Å²) in [5.74, 6) is 0.560. The standard InChI is InChI=1S/C22H35FO3S/c1-17(16-27(24,25)13-7-5-6-12-22(2,3)4)19-10-11-20(23)21(14-19)26-15-18-8-9-18/h10-11,14,17-18H,5-9,12-13,15-16H2,1-4H3/t17-/m1/s1. The Labute approximate surface area is 164 Å². The Kier molecular flexibility index (Phi) is 7.73. The van der Waals surface area contributed by atoms with Gasteiger partial charge in [0.05, 0.1) is 18.1 Å². The van der Waals surface area contributed by atoms with Crippen molar-refractivity contribution in [2.24, 2.45) is 11.3 Å². The van der Waals surface area contributed by atoms with Crippen LogP contribution in [0.3, 0.4) is 0 Å². The fourth-order valence-corrected chi connectivity index (χ4v) is 4.91. The van der Waals surface area contributed by atoms with Crippen molar-refractivity contribution in [2.75, 3.05) is 18.1 Å². The summed E-state index contributed by atoms with van der Waals surface area (Å²) >= 11 is 0. The molecule has 0 unspecified atom stereocenters. The molecule has 1 atom stereocenters. The van der Waals surface area contributed by atoms with E-state index in [1.165, 1.54) is 6.07 Å². The molecule has 0 aromatic heterocycles. The predicted octanol–water partition coefficient (Wildman–Crippen LogP) is 5.74. The number of hydrogen-bond donors (Lipinski definition) is 0. The fourth-order valence-electron chi connectivity index (χ4n) is 3.14. The van der Waals surface area contributed by atoms with Crippen LogP contribution in [-0.4, -0.2) is 26.5 Å². The highest BCUT2D eigenvalue weighted by Gasteiger charge is 2.23. The first-order valence-corrected chi connectivity index (χ1v) is 12.0. The predicted molar refractivity (Wildman–Crippen MR) is 110 cm³/mol. The van der Waals surface area contributed by atoms with Gasteiger partial charge in [0.1, 0.15) is 0 Å². The van der Waals surface area contributed by atoms with Gasteiger partial charge in [-0.2, -0.15) is 0 Å². The van der Waals surface area contributed by atoms with Crippen LogP contribution in [0.1, 0.15) is 77.7 Å². The first-order chi connectivity index (χ1) is 12.6. The van der Waals surface area contributed by atoms with Gasteiger partial charge in [0.25, 0.3) is 0 Å². The molecule has 1 aliphatic carbocycles. The number of benzene rings is 1. The minimum atomic E-state index is -3.12. The van der Waals surface area contributed by atoms with E-state index >= 15 is 0 Å². The number of halogens is 1. The minimum absolute atomic E-state index is 0.0972. The van der Waals surface area contributed by atoms with Gasteiger partial charge in [-0.25, -0.2) is 12.8 Å². The lowest BCUT2D eigenvalue weighted by Gasteiger charge is -2.17. The summed E-state index contributed by atoms with van der Waals surface area (Å²) in [6.07, 6.45) is 6.12. The van der Waals surface area contributed by atoms with Crippen LogP contribution >= 0.6 is 0 Å². The lowest BCUT2D eigenvalue weighted by molar-refractivity contribution is 0.285. The van der Waals surface area contributed by atoms with Crippen molar-refractivity contribution in [3.63, 3.8) is 0 Å². The summed E-state index contributed by atoms with van der Waals surface area (Å²) in [6.45, 7) is 9.04. The number of unbranched alkanes of at least 4 members (excludes halogenated alkanes) is 2. The van der Waals surface area contributed by atoms with Gasteiger partial charge < -0.3 is 4.74 Å². The third kappa shape index (κ3) is 8.63. The molecule has 0 amide bonds. The van der Waals surface area contributed by atoms with Gasteiger partial charge >= 0.3 is 0 Å². The minimum Gasteiger partial charge on any atom is -0.490 e. The molecule has 1 aliphatic rings. The third-order valence-electron chi connectivity index (χ3n) is 5.08. The van der Waals surface area contributed by atoms with E-state index in [0.29, 0.717) is 24.4 Å². The molecule has 0 N–H and O–H groups in total. The van der Waals surface area contributed by atoms with E-state index in [1.54, 1.807) is 12.1 Å². The van der Waals surface area contributed by atoms with Crippen molar-refractivity contribution >= 4 is 9.84 Å². The maximum absolute atomic E-state index is 13.9. The highest BCUT2D eigenvalue weighted by molar-refractivity contribution is 7.91. The molecule has 0 heterocycles. The first-order valence-electron chi connectivity index (χ1n) is 10.2. The molecule has 1 fully saturated rings. The van der Waals surface area contributed by atoms with Gasteiger partial charge in [0.15, 0.2) is 21.4 Å². The second-order valence-corrected chi connectivity index (χ2v) is 11.6. The summed E-state index contributed by atoms with van der Waals surface area (Å²) in [6, 6.07) is 4.72. The molecule has 3 nitrogen and oxygen atoms in total. The summed E-state index contributed by atoms with van der Waals surface area (Å²) in [4.78, 5) is 0. The van der Waals surface area contributed by atoms with E-state index in [9.17, 15) is 12.8 Å². The average molecular weight is 399 g/mol. The monoisotopic (exact) mass is 398 g/mol. The molecule has 0 aliphatic heterocycles. The van der Waals surface area contributed by atoms with Gasteiger partial charge in [-0.1, -0.05) is 46.6 Å². The average Bonchev–Trinajstić information content (AvgIpc) is 3.36. The van der Waals surface area contributed by atoms with Crippen molar-refractivity contribution < 1.29 is 17.5 Å². The van der Waals surface area contributed by atoms with Crippen molar-refractivity contribution in [1.29, 1.82) is 0 Å². The van der Waals surface area contributed by atoms with Crippen molar-refractivity contribution in [3.8, 4) is 5.75 Å². The van der Waals surface area contributed by atoms with E-state index in [1.807, 2.05) is 6.92 Å². The largest absolute Gasteiger partial charge is 0.490 e. The van der Waals surface area contributed by atoms with Crippen LogP contribution < -0.4 is 4.74 Å². The number of hydrogen-bond acceptors (Lipinski definition) is 3. The van der Waals surface area contributed by atoms with Crippen LogP contribution in [0.25, 0.3) is 0 Å². The van der Waals surface area contributed by atoms with E-state index in [2.05, 4.69) is 20.8 Å². The van der Waals surface area contributed by atoms with Crippen LogP contribution in [0.4, 0.5) is 4.39 Å². The maximum Gasteiger partial charge on any atom is 0.165 e. The Balaban J connectivity index is 1.83. The van der Waals surface area contributed by atoms with E-state index < -0.39 is 9.84 Å². The first kappa shape index (κ1) is 22.2. The Bertz CT molecular complexity index is 703. The van der Waals surface area contributed by atoms with E-state index in [4.69, 9.17) is 4.74 Å². The number of sulfone groups is 1. The Hall–Kier alpha value is -1.10. The smallest absolute Gasteiger partial charge is 0.165 e. The summed E-state index contributed by atoms with van der Waals surface area (Å²) in [5.41, 5.74) is 1.12. The van der Waals surface area contributed by atoms with Crippen LogP contribution in [0, 0.1) is 17.2 Å². The van der Waals surface area contributed by atoms with Crippen LogP contribution in [-0.2, 0) is 9.84 Å². The Morgan fingerprint density at radius 1 is 1.19 bits per heavy atom. The van der Waals surface area contributed by atoms with Gasteiger partial charge in [-0.3, -0.25) is 0 Å². The van der Waals surface area contributed by atoms with Crippen LogP contribution in [0.2, 0.25) is 0 Å².